The van der Waals surface area contributed by atoms with Crippen LogP contribution in [-0.2, 0) is 28.7 Å². The Labute approximate surface area is 321 Å². The molecule has 3 rings (SSSR count). The third kappa shape index (κ3) is 11.9. The summed E-state index contributed by atoms with van der Waals surface area (Å²) < 4.78 is 11.5. The molecule has 14 heteroatoms. The highest BCUT2D eigenvalue weighted by Crippen LogP contribution is 2.32. The van der Waals surface area contributed by atoms with Gasteiger partial charge in [-0.1, -0.05) is 67.2 Å². The molecule has 3 heterocycles. The van der Waals surface area contributed by atoms with Gasteiger partial charge in [0.25, 0.3) is 0 Å². The summed E-state index contributed by atoms with van der Waals surface area (Å²) >= 11 is 1.18. The molecule has 300 valence electrons. The molecule has 1 aromatic rings. The van der Waals surface area contributed by atoms with Crippen LogP contribution in [0, 0.1) is 17.8 Å². The summed E-state index contributed by atoms with van der Waals surface area (Å²) in [4.78, 5) is 78.5. The predicted octanol–water partition coefficient (Wildman–Crippen LogP) is 4.81. The Hall–Kier alpha value is -3.10. The van der Waals surface area contributed by atoms with Crippen LogP contribution in [0.3, 0.4) is 0 Å². The number of carbonyl (C=O) groups excluding carboxylic acids is 5. The molecule has 0 aliphatic carbocycles. The zero-order valence-corrected chi connectivity index (χ0v) is 34.6. The number of likely N-dealkylation sites (N-methyl/N-ethyl adjacent to an activating group) is 3. The Bertz CT molecular complexity index is 1370. The Kier molecular flexibility index (Phi) is 17.6. The van der Waals surface area contributed by atoms with Gasteiger partial charge in [0.1, 0.15) is 17.1 Å². The van der Waals surface area contributed by atoms with Gasteiger partial charge in [-0.2, -0.15) is 0 Å². The van der Waals surface area contributed by atoms with Crippen molar-refractivity contribution in [2.75, 3.05) is 40.8 Å². The van der Waals surface area contributed by atoms with Gasteiger partial charge in [0.2, 0.25) is 17.7 Å². The lowest BCUT2D eigenvalue weighted by atomic mass is 9.92. The molecule has 2 aliphatic rings. The topological polar surface area (TPSA) is 150 Å². The van der Waals surface area contributed by atoms with Crippen molar-refractivity contribution in [3.05, 3.63) is 16.1 Å². The lowest BCUT2D eigenvalue weighted by Gasteiger charge is -2.38. The molecule has 0 radical (unpaired) electrons. The van der Waals surface area contributed by atoms with Crippen LogP contribution in [0.25, 0.3) is 0 Å². The Morgan fingerprint density at radius 2 is 1.40 bits per heavy atom. The number of ether oxygens (including phenoxy) is 2. The quantitative estimate of drug-likeness (QED) is 0.200. The third-order valence-electron chi connectivity index (χ3n) is 11.3. The van der Waals surface area contributed by atoms with Gasteiger partial charge in [0.05, 0.1) is 18.7 Å². The van der Waals surface area contributed by atoms with E-state index in [0.717, 1.165) is 51.6 Å². The molecule has 0 bridgehead atoms. The highest BCUT2D eigenvalue weighted by Gasteiger charge is 2.39. The Morgan fingerprint density at radius 1 is 0.868 bits per heavy atom. The number of nitrogens with zero attached hydrogens (tertiary/aromatic N) is 4. The van der Waals surface area contributed by atoms with Gasteiger partial charge in [-0.25, -0.2) is 14.6 Å². The molecule has 8 atom stereocenters. The fourth-order valence-corrected chi connectivity index (χ4v) is 8.12. The van der Waals surface area contributed by atoms with Crippen LogP contribution in [0.1, 0.15) is 128 Å². The number of rotatable bonds is 18. The molecule has 53 heavy (non-hydrogen) atoms. The highest BCUT2D eigenvalue weighted by molar-refractivity contribution is 7.09. The van der Waals surface area contributed by atoms with Gasteiger partial charge < -0.3 is 25.0 Å². The largest absolute Gasteiger partial charge is 0.461 e. The summed E-state index contributed by atoms with van der Waals surface area (Å²) in [5, 5.41) is 8.09. The van der Waals surface area contributed by atoms with Gasteiger partial charge in [-0.3, -0.25) is 24.2 Å². The van der Waals surface area contributed by atoms with Crippen molar-refractivity contribution in [3.8, 4) is 0 Å². The molecule has 1 aromatic heterocycles. The zero-order valence-electron chi connectivity index (χ0n) is 33.8. The lowest BCUT2D eigenvalue weighted by Crippen LogP contribution is -2.58. The fourth-order valence-electron chi connectivity index (χ4n) is 7.29. The maximum Gasteiger partial charge on any atom is 0.357 e. The van der Waals surface area contributed by atoms with E-state index in [0.29, 0.717) is 17.8 Å². The molecule has 13 nitrogen and oxygen atoms in total. The van der Waals surface area contributed by atoms with Crippen LogP contribution in [-0.4, -0.2) is 120 Å². The first-order valence-corrected chi connectivity index (χ1v) is 20.6. The standard InChI is InChI=1S/C39H66N6O7S/c1-11-25(6)32(41-34(46)28-18-14-16-20-43(28)8)37(48)45(10)30(24(4)5)22-31(36-40-27(23-53-36)38(49)51-13-3)52-39(50)33(26(7)12-2)42-35(47)29-19-15-17-21-44(29)9/h23-26,28-33H,11-22H2,1-10H3,(H,41,46)(H,42,47)/t25-,26-,28+,29?,30+,31+,32-,33-/m0/s1. The summed E-state index contributed by atoms with van der Waals surface area (Å²) in [5.74, 6) is -2.17. The van der Waals surface area contributed by atoms with E-state index in [1.54, 1.807) is 24.3 Å². The number of piperidine rings is 2. The van der Waals surface area contributed by atoms with E-state index in [4.69, 9.17) is 9.47 Å². The van der Waals surface area contributed by atoms with E-state index >= 15 is 0 Å². The van der Waals surface area contributed by atoms with Crippen LogP contribution in [0.5, 0.6) is 0 Å². The van der Waals surface area contributed by atoms with Crippen molar-refractivity contribution >= 4 is 41.0 Å². The summed E-state index contributed by atoms with van der Waals surface area (Å²) in [7, 11) is 5.60. The number of thiazole rings is 1. The molecule has 3 amide bonds. The highest BCUT2D eigenvalue weighted by atomic mass is 32.1. The number of nitrogens with one attached hydrogen (secondary N) is 2. The van der Waals surface area contributed by atoms with Crippen molar-refractivity contribution in [2.45, 2.75) is 143 Å². The molecule has 0 saturated carbocycles. The minimum atomic E-state index is -0.938. The average Bonchev–Trinajstić information content (AvgIpc) is 3.64. The number of amides is 3. The van der Waals surface area contributed by atoms with Crippen molar-refractivity contribution in [3.63, 3.8) is 0 Å². The smallest absolute Gasteiger partial charge is 0.357 e. The normalized spacial score (nSPS) is 21.8. The van der Waals surface area contributed by atoms with Crippen LogP contribution in [0.2, 0.25) is 0 Å². The van der Waals surface area contributed by atoms with Gasteiger partial charge >= 0.3 is 11.9 Å². The molecular weight excluding hydrogens is 697 g/mol. The molecule has 2 fully saturated rings. The molecule has 2 aliphatic heterocycles. The SMILES string of the molecule is CCOC(=O)c1csc([C@@H](C[C@H](C(C)C)N(C)C(=O)[C@@H](NC(=O)[C@H]2CCCCN2C)[C@@H](C)CC)OC(=O)[C@@H](NC(=O)C2CCCCN2C)[C@@H](C)CC)n1. The van der Waals surface area contributed by atoms with Gasteiger partial charge in [0, 0.05) is 24.9 Å². The first kappa shape index (κ1) is 44.3. The molecule has 2 saturated heterocycles. The van der Waals surface area contributed by atoms with E-state index in [9.17, 15) is 24.0 Å². The van der Waals surface area contributed by atoms with E-state index in [1.165, 1.54) is 11.3 Å². The second kappa shape index (κ2) is 21.1. The lowest BCUT2D eigenvalue weighted by molar-refractivity contribution is -0.157. The number of likely N-dealkylation sites (tertiary alicyclic amines) is 2. The summed E-state index contributed by atoms with van der Waals surface area (Å²) in [6.07, 6.45) is 6.00. The molecular formula is C39H66N6O7S. The summed E-state index contributed by atoms with van der Waals surface area (Å²) in [5.41, 5.74) is 0.109. The molecule has 2 N–H and O–H groups in total. The van der Waals surface area contributed by atoms with E-state index in [1.807, 2.05) is 60.5 Å². The number of carbonyl (C=O) groups is 5. The van der Waals surface area contributed by atoms with Crippen molar-refractivity contribution < 1.29 is 33.4 Å². The number of aromatic nitrogens is 1. The van der Waals surface area contributed by atoms with Crippen LogP contribution in [0.4, 0.5) is 0 Å². The Balaban J connectivity index is 1.93. The van der Waals surface area contributed by atoms with Crippen LogP contribution in [0.15, 0.2) is 5.38 Å². The number of esters is 2. The average molecular weight is 763 g/mol. The molecule has 0 spiro atoms. The van der Waals surface area contributed by atoms with Crippen LogP contribution < -0.4 is 10.6 Å². The van der Waals surface area contributed by atoms with E-state index in [-0.39, 0.29) is 66.3 Å². The number of hydrogen-bond acceptors (Lipinski definition) is 11. The second-order valence-electron chi connectivity index (χ2n) is 15.4. The first-order valence-electron chi connectivity index (χ1n) is 19.8. The fraction of sp³-hybridized carbons (Fsp3) is 0.795. The van der Waals surface area contributed by atoms with Gasteiger partial charge in [-0.15, -0.1) is 11.3 Å². The maximum absolute atomic E-state index is 14.4. The van der Waals surface area contributed by atoms with Gasteiger partial charge in [0.15, 0.2) is 11.8 Å². The summed E-state index contributed by atoms with van der Waals surface area (Å²) in [6.45, 7) is 15.4. The number of hydrogen-bond donors (Lipinski definition) is 2. The Morgan fingerprint density at radius 3 is 1.89 bits per heavy atom. The maximum atomic E-state index is 14.4. The van der Waals surface area contributed by atoms with Crippen molar-refractivity contribution in [1.29, 1.82) is 0 Å². The predicted molar refractivity (Wildman–Crippen MR) is 206 cm³/mol. The van der Waals surface area contributed by atoms with Crippen molar-refractivity contribution in [1.82, 2.24) is 30.3 Å². The summed E-state index contributed by atoms with van der Waals surface area (Å²) in [6, 6.07) is -2.70. The van der Waals surface area contributed by atoms with E-state index < -0.39 is 36.2 Å². The minimum Gasteiger partial charge on any atom is -0.461 e. The monoisotopic (exact) mass is 762 g/mol. The minimum absolute atomic E-state index is 0.0840. The van der Waals surface area contributed by atoms with Crippen LogP contribution >= 0.6 is 11.3 Å². The second-order valence-corrected chi connectivity index (χ2v) is 16.3. The molecule has 0 aromatic carbocycles. The van der Waals surface area contributed by atoms with E-state index in [2.05, 4.69) is 20.5 Å². The third-order valence-corrected chi connectivity index (χ3v) is 12.2. The van der Waals surface area contributed by atoms with Crippen molar-refractivity contribution in [2.24, 2.45) is 17.8 Å². The zero-order chi connectivity index (χ0) is 39.4. The first-order chi connectivity index (χ1) is 25.1. The van der Waals surface area contributed by atoms with Gasteiger partial charge in [-0.05, 0) is 77.5 Å². The molecule has 1 unspecified atom stereocenters.